The SMILES string of the molecule is CCOC(=O)C1=NCCc2cc(C)ccc21. The Labute approximate surface area is 95.2 Å². The van der Waals surface area contributed by atoms with Crippen molar-refractivity contribution >= 4 is 11.7 Å². The lowest BCUT2D eigenvalue weighted by Gasteiger charge is -2.16. The molecule has 1 aromatic carbocycles. The molecule has 0 unspecified atom stereocenters. The highest BCUT2D eigenvalue weighted by molar-refractivity contribution is 6.43. The molecule has 0 fully saturated rings. The first-order valence-electron chi connectivity index (χ1n) is 5.54. The van der Waals surface area contributed by atoms with Crippen LogP contribution in [0, 0.1) is 6.92 Å². The minimum Gasteiger partial charge on any atom is -0.461 e. The first-order valence-corrected chi connectivity index (χ1v) is 5.54. The van der Waals surface area contributed by atoms with Crippen molar-refractivity contribution in [2.75, 3.05) is 13.2 Å². The Morgan fingerprint density at radius 3 is 3.06 bits per heavy atom. The van der Waals surface area contributed by atoms with Gasteiger partial charge < -0.3 is 4.74 Å². The molecule has 0 radical (unpaired) electrons. The third-order valence-corrected chi connectivity index (χ3v) is 2.64. The summed E-state index contributed by atoms with van der Waals surface area (Å²) in [5.41, 5.74) is 3.81. The van der Waals surface area contributed by atoms with E-state index in [0.717, 1.165) is 12.0 Å². The normalized spacial score (nSPS) is 14.0. The van der Waals surface area contributed by atoms with E-state index in [9.17, 15) is 4.79 Å². The number of esters is 1. The number of aliphatic imine (C=N–C) groups is 1. The summed E-state index contributed by atoms with van der Waals surface area (Å²) in [7, 11) is 0. The molecule has 0 aromatic heterocycles. The van der Waals surface area contributed by atoms with Gasteiger partial charge in [-0.05, 0) is 25.8 Å². The lowest BCUT2D eigenvalue weighted by Crippen LogP contribution is -2.24. The highest BCUT2D eigenvalue weighted by Gasteiger charge is 2.21. The molecule has 1 heterocycles. The fourth-order valence-electron chi connectivity index (χ4n) is 1.91. The zero-order chi connectivity index (χ0) is 11.5. The molecule has 84 valence electrons. The van der Waals surface area contributed by atoms with Gasteiger partial charge in [0.25, 0.3) is 0 Å². The van der Waals surface area contributed by atoms with Crippen molar-refractivity contribution in [3.05, 3.63) is 34.9 Å². The van der Waals surface area contributed by atoms with E-state index in [4.69, 9.17) is 4.74 Å². The summed E-state index contributed by atoms with van der Waals surface area (Å²) in [5.74, 6) is -0.313. The Morgan fingerprint density at radius 1 is 1.50 bits per heavy atom. The van der Waals surface area contributed by atoms with Crippen molar-refractivity contribution in [3.8, 4) is 0 Å². The standard InChI is InChI=1S/C13H15NO2/c1-3-16-13(15)12-11-5-4-9(2)8-10(11)6-7-14-12/h4-5,8H,3,6-7H2,1-2H3. The fraction of sp³-hybridized carbons (Fsp3) is 0.385. The van der Waals surface area contributed by atoms with Crippen LogP contribution in [-0.4, -0.2) is 24.8 Å². The third kappa shape index (κ3) is 1.98. The van der Waals surface area contributed by atoms with Crippen molar-refractivity contribution in [2.24, 2.45) is 4.99 Å². The zero-order valence-electron chi connectivity index (χ0n) is 9.62. The molecule has 1 aliphatic heterocycles. The smallest absolute Gasteiger partial charge is 0.357 e. The highest BCUT2D eigenvalue weighted by atomic mass is 16.5. The van der Waals surface area contributed by atoms with Gasteiger partial charge in [-0.25, -0.2) is 4.79 Å². The second-order valence-electron chi connectivity index (χ2n) is 3.86. The first-order chi connectivity index (χ1) is 7.72. The number of benzene rings is 1. The molecule has 0 aliphatic carbocycles. The molecule has 0 atom stereocenters. The van der Waals surface area contributed by atoms with Crippen molar-refractivity contribution < 1.29 is 9.53 Å². The largest absolute Gasteiger partial charge is 0.461 e. The van der Waals surface area contributed by atoms with Crippen LogP contribution in [0.25, 0.3) is 0 Å². The summed E-state index contributed by atoms with van der Waals surface area (Å²) in [6.45, 7) is 4.91. The quantitative estimate of drug-likeness (QED) is 0.710. The van der Waals surface area contributed by atoms with Gasteiger partial charge in [0.05, 0.1) is 6.61 Å². The van der Waals surface area contributed by atoms with Gasteiger partial charge in [0, 0.05) is 12.1 Å². The highest BCUT2D eigenvalue weighted by Crippen LogP contribution is 2.18. The van der Waals surface area contributed by atoms with Crippen LogP contribution in [0.15, 0.2) is 23.2 Å². The number of nitrogens with zero attached hydrogens (tertiary/aromatic N) is 1. The van der Waals surface area contributed by atoms with Crippen molar-refractivity contribution in [2.45, 2.75) is 20.3 Å². The minimum atomic E-state index is -0.313. The summed E-state index contributed by atoms with van der Waals surface area (Å²) in [5, 5.41) is 0. The van der Waals surface area contributed by atoms with Crippen molar-refractivity contribution in [1.82, 2.24) is 0 Å². The van der Waals surface area contributed by atoms with Crippen molar-refractivity contribution in [1.29, 1.82) is 0 Å². The number of rotatable bonds is 2. The first kappa shape index (κ1) is 10.9. The molecule has 0 bridgehead atoms. The van der Waals surface area contributed by atoms with E-state index >= 15 is 0 Å². The van der Waals surface area contributed by atoms with Gasteiger partial charge in [0.15, 0.2) is 5.71 Å². The van der Waals surface area contributed by atoms with Crippen LogP contribution >= 0.6 is 0 Å². The maximum absolute atomic E-state index is 11.7. The molecule has 1 aromatic rings. The molecule has 0 spiro atoms. The molecule has 2 rings (SSSR count). The maximum atomic E-state index is 11.7. The molecule has 16 heavy (non-hydrogen) atoms. The van der Waals surface area contributed by atoms with Gasteiger partial charge >= 0.3 is 5.97 Å². The summed E-state index contributed by atoms with van der Waals surface area (Å²) in [4.78, 5) is 16.0. The molecule has 0 saturated heterocycles. The summed E-state index contributed by atoms with van der Waals surface area (Å²) in [6.07, 6.45) is 0.903. The van der Waals surface area contributed by atoms with E-state index in [-0.39, 0.29) is 5.97 Å². The molecule has 0 saturated carbocycles. The summed E-state index contributed by atoms with van der Waals surface area (Å²) >= 11 is 0. The second-order valence-corrected chi connectivity index (χ2v) is 3.86. The average Bonchev–Trinajstić information content (AvgIpc) is 2.28. The topological polar surface area (TPSA) is 38.7 Å². The Bertz CT molecular complexity index is 449. The van der Waals surface area contributed by atoms with Crippen LogP contribution in [0.1, 0.15) is 23.6 Å². The Kier molecular flexibility index (Phi) is 3.04. The Morgan fingerprint density at radius 2 is 2.31 bits per heavy atom. The van der Waals surface area contributed by atoms with Crippen LogP contribution in [-0.2, 0) is 16.0 Å². The molecule has 0 N–H and O–H groups in total. The fourth-order valence-corrected chi connectivity index (χ4v) is 1.91. The van der Waals surface area contributed by atoms with Crippen LogP contribution in [0.3, 0.4) is 0 Å². The van der Waals surface area contributed by atoms with Gasteiger partial charge in [0.2, 0.25) is 0 Å². The maximum Gasteiger partial charge on any atom is 0.357 e. The van der Waals surface area contributed by atoms with Crippen LogP contribution in [0.5, 0.6) is 0 Å². The zero-order valence-corrected chi connectivity index (χ0v) is 9.62. The van der Waals surface area contributed by atoms with Crippen LogP contribution < -0.4 is 0 Å². The van der Waals surface area contributed by atoms with E-state index in [1.54, 1.807) is 6.92 Å². The number of hydrogen-bond acceptors (Lipinski definition) is 3. The lowest BCUT2D eigenvalue weighted by molar-refractivity contribution is -0.134. The monoisotopic (exact) mass is 217 g/mol. The van der Waals surface area contributed by atoms with E-state index in [1.807, 2.05) is 12.1 Å². The number of hydrogen-bond donors (Lipinski definition) is 0. The van der Waals surface area contributed by atoms with E-state index in [1.165, 1.54) is 11.1 Å². The number of aryl methyl sites for hydroxylation is 1. The predicted molar refractivity (Wildman–Crippen MR) is 62.9 cm³/mol. The molecule has 3 heteroatoms. The van der Waals surface area contributed by atoms with Gasteiger partial charge in [-0.1, -0.05) is 23.8 Å². The molecular weight excluding hydrogens is 202 g/mol. The van der Waals surface area contributed by atoms with E-state index in [2.05, 4.69) is 18.0 Å². The van der Waals surface area contributed by atoms with E-state index in [0.29, 0.717) is 18.9 Å². The molecule has 0 amide bonds. The number of carbonyl (C=O) groups is 1. The summed E-state index contributed by atoms with van der Waals surface area (Å²) < 4.78 is 5.00. The van der Waals surface area contributed by atoms with Gasteiger partial charge in [0.1, 0.15) is 0 Å². The number of ether oxygens (including phenoxy) is 1. The van der Waals surface area contributed by atoms with Gasteiger partial charge in [-0.2, -0.15) is 0 Å². The van der Waals surface area contributed by atoms with Crippen LogP contribution in [0.2, 0.25) is 0 Å². The number of carbonyl (C=O) groups excluding carboxylic acids is 1. The van der Waals surface area contributed by atoms with Gasteiger partial charge in [-0.3, -0.25) is 4.99 Å². The Hall–Kier alpha value is -1.64. The average molecular weight is 217 g/mol. The van der Waals surface area contributed by atoms with Crippen LogP contribution in [0.4, 0.5) is 0 Å². The molecule has 1 aliphatic rings. The Balaban J connectivity index is 2.37. The summed E-state index contributed by atoms with van der Waals surface area (Å²) in [6, 6.07) is 6.07. The third-order valence-electron chi connectivity index (χ3n) is 2.64. The van der Waals surface area contributed by atoms with Crippen molar-refractivity contribution in [3.63, 3.8) is 0 Å². The molecular formula is C13H15NO2. The lowest BCUT2D eigenvalue weighted by atomic mass is 9.96. The second kappa shape index (κ2) is 4.47. The number of fused-ring (bicyclic) bond motifs is 1. The van der Waals surface area contributed by atoms with E-state index < -0.39 is 0 Å². The molecule has 3 nitrogen and oxygen atoms in total. The predicted octanol–water partition coefficient (Wildman–Crippen LogP) is 1.90. The van der Waals surface area contributed by atoms with Gasteiger partial charge in [-0.15, -0.1) is 0 Å². The minimum absolute atomic E-state index is 0.313.